The number of hydrogen-bond donors (Lipinski definition) is 3. The van der Waals surface area contributed by atoms with E-state index in [4.69, 9.17) is 5.11 Å². The van der Waals surface area contributed by atoms with Gasteiger partial charge in [0.2, 0.25) is 0 Å². The van der Waals surface area contributed by atoms with Gasteiger partial charge < -0.3 is 15.7 Å². The summed E-state index contributed by atoms with van der Waals surface area (Å²) in [5.41, 5.74) is 0. The van der Waals surface area contributed by atoms with Crippen molar-refractivity contribution in [3.8, 4) is 0 Å². The number of carboxylic acid groups (broad SMARTS) is 1. The van der Waals surface area contributed by atoms with Crippen LogP contribution in [0, 0.1) is 5.92 Å². The van der Waals surface area contributed by atoms with Crippen molar-refractivity contribution in [3.63, 3.8) is 0 Å². The Morgan fingerprint density at radius 2 is 2.09 bits per heavy atom. The van der Waals surface area contributed by atoms with Crippen molar-refractivity contribution in [2.24, 2.45) is 5.92 Å². The molecule has 0 rings (SSSR count). The second kappa shape index (κ2) is 5.09. The third kappa shape index (κ3) is 3.34. The minimum atomic E-state index is -0.796. The molecule has 0 unspecified atom stereocenters. The van der Waals surface area contributed by atoms with Gasteiger partial charge >= 0.3 is 5.97 Å². The lowest BCUT2D eigenvalue weighted by atomic mass is 10.0. The van der Waals surface area contributed by atoms with Crippen molar-refractivity contribution in [1.82, 2.24) is 10.6 Å². The first kappa shape index (κ1) is 10.4. The van der Waals surface area contributed by atoms with Gasteiger partial charge in [-0.1, -0.05) is 6.92 Å². The van der Waals surface area contributed by atoms with Crippen molar-refractivity contribution in [3.05, 3.63) is 0 Å². The van der Waals surface area contributed by atoms with Crippen molar-refractivity contribution >= 4 is 5.97 Å². The molecule has 0 spiro atoms. The Morgan fingerprint density at radius 1 is 1.55 bits per heavy atom. The molecule has 0 aromatic carbocycles. The topological polar surface area (TPSA) is 61.4 Å². The lowest BCUT2D eigenvalue weighted by Gasteiger charge is -2.18. The van der Waals surface area contributed by atoms with Crippen LogP contribution in [0.25, 0.3) is 0 Å². The van der Waals surface area contributed by atoms with Crippen molar-refractivity contribution in [2.75, 3.05) is 20.6 Å². The van der Waals surface area contributed by atoms with Gasteiger partial charge in [0.25, 0.3) is 0 Å². The molecule has 0 saturated heterocycles. The number of carboxylic acids is 1. The van der Waals surface area contributed by atoms with Crippen molar-refractivity contribution < 1.29 is 9.90 Å². The molecule has 0 aliphatic carbocycles. The molecule has 11 heavy (non-hydrogen) atoms. The Labute approximate surface area is 67.0 Å². The normalized spacial score (nSPS) is 15.9. The summed E-state index contributed by atoms with van der Waals surface area (Å²) in [6.45, 7) is 2.60. The van der Waals surface area contributed by atoms with Crippen LogP contribution in [-0.2, 0) is 4.79 Å². The van der Waals surface area contributed by atoms with E-state index in [1.165, 1.54) is 0 Å². The molecular weight excluding hydrogens is 144 g/mol. The highest BCUT2D eigenvalue weighted by Crippen LogP contribution is 2.00. The maximum Gasteiger partial charge on any atom is 0.321 e. The molecule has 4 heteroatoms. The average Bonchev–Trinajstić information content (AvgIpc) is 1.88. The Kier molecular flexibility index (Phi) is 4.81. The number of carbonyl (C=O) groups is 1. The van der Waals surface area contributed by atoms with Crippen LogP contribution in [-0.4, -0.2) is 37.8 Å². The van der Waals surface area contributed by atoms with Gasteiger partial charge in [0.15, 0.2) is 0 Å². The van der Waals surface area contributed by atoms with E-state index in [2.05, 4.69) is 10.6 Å². The third-order valence-electron chi connectivity index (χ3n) is 1.67. The summed E-state index contributed by atoms with van der Waals surface area (Å²) in [4.78, 5) is 10.6. The molecule has 0 bridgehead atoms. The van der Waals surface area contributed by atoms with Crippen LogP contribution in [0.4, 0.5) is 0 Å². The van der Waals surface area contributed by atoms with Gasteiger partial charge in [0.05, 0.1) is 0 Å². The average molecular weight is 160 g/mol. The van der Waals surface area contributed by atoms with E-state index >= 15 is 0 Å². The summed E-state index contributed by atoms with van der Waals surface area (Å²) in [5.74, 6) is -0.697. The molecule has 0 heterocycles. The molecule has 0 fully saturated rings. The Bertz CT molecular complexity index is 128. The van der Waals surface area contributed by atoms with Gasteiger partial charge in [-0.15, -0.1) is 0 Å². The van der Waals surface area contributed by atoms with Crippen molar-refractivity contribution in [1.29, 1.82) is 0 Å². The number of nitrogens with one attached hydrogen (secondary N) is 2. The van der Waals surface area contributed by atoms with E-state index in [-0.39, 0.29) is 5.92 Å². The zero-order chi connectivity index (χ0) is 8.85. The first-order valence-corrected chi connectivity index (χ1v) is 3.68. The van der Waals surface area contributed by atoms with Crippen LogP contribution in [0.1, 0.15) is 6.92 Å². The number of rotatable bonds is 5. The van der Waals surface area contributed by atoms with E-state index < -0.39 is 12.0 Å². The molecule has 66 valence electrons. The summed E-state index contributed by atoms with van der Waals surface area (Å²) in [7, 11) is 3.47. The van der Waals surface area contributed by atoms with Crippen LogP contribution in [0.2, 0.25) is 0 Å². The third-order valence-corrected chi connectivity index (χ3v) is 1.67. The van der Waals surface area contributed by atoms with Gasteiger partial charge in [0, 0.05) is 0 Å². The van der Waals surface area contributed by atoms with Crippen LogP contribution in [0.3, 0.4) is 0 Å². The van der Waals surface area contributed by atoms with Crippen molar-refractivity contribution in [2.45, 2.75) is 13.0 Å². The zero-order valence-corrected chi connectivity index (χ0v) is 7.22. The fraction of sp³-hybridized carbons (Fsp3) is 0.857. The second-order valence-corrected chi connectivity index (χ2v) is 2.64. The van der Waals surface area contributed by atoms with Gasteiger partial charge in [-0.3, -0.25) is 4.79 Å². The highest BCUT2D eigenvalue weighted by molar-refractivity contribution is 5.73. The standard InChI is InChI=1S/C7H16N2O2/c1-5(4-8-2)6(9-3)7(10)11/h5-6,8-9H,4H2,1-3H3,(H,10,11)/t5-,6-/m0/s1. The first-order chi connectivity index (χ1) is 5.13. The second-order valence-electron chi connectivity index (χ2n) is 2.64. The van der Waals surface area contributed by atoms with E-state index in [9.17, 15) is 4.79 Å². The fourth-order valence-corrected chi connectivity index (χ4v) is 1.09. The first-order valence-electron chi connectivity index (χ1n) is 3.68. The molecule has 0 amide bonds. The molecule has 0 aromatic rings. The summed E-state index contributed by atoms with van der Waals surface area (Å²) < 4.78 is 0. The Morgan fingerprint density at radius 3 is 2.36 bits per heavy atom. The van der Waals surface area contributed by atoms with E-state index in [0.29, 0.717) is 6.54 Å². The van der Waals surface area contributed by atoms with Gasteiger partial charge in [-0.05, 0) is 26.6 Å². The number of likely N-dealkylation sites (N-methyl/N-ethyl adjacent to an activating group) is 1. The number of hydrogen-bond acceptors (Lipinski definition) is 3. The largest absolute Gasteiger partial charge is 0.480 e. The SMILES string of the molecule is CNC[C@H](C)[C@H](NC)C(=O)O. The van der Waals surface area contributed by atoms with E-state index in [1.807, 2.05) is 14.0 Å². The molecule has 0 aromatic heterocycles. The van der Waals surface area contributed by atoms with Gasteiger partial charge in [-0.25, -0.2) is 0 Å². The lowest BCUT2D eigenvalue weighted by Crippen LogP contribution is -2.42. The summed E-state index contributed by atoms with van der Waals surface area (Å²) in [6.07, 6.45) is 0. The summed E-state index contributed by atoms with van der Waals surface area (Å²) in [6, 6.07) is -0.456. The molecule has 0 aliphatic heterocycles. The minimum absolute atomic E-state index is 0.0995. The fourth-order valence-electron chi connectivity index (χ4n) is 1.09. The molecule has 0 radical (unpaired) electrons. The van der Waals surface area contributed by atoms with Gasteiger partial charge in [0.1, 0.15) is 6.04 Å². The van der Waals surface area contributed by atoms with Crippen LogP contribution in [0.5, 0.6) is 0 Å². The smallest absolute Gasteiger partial charge is 0.321 e. The minimum Gasteiger partial charge on any atom is -0.480 e. The highest BCUT2D eigenvalue weighted by atomic mass is 16.4. The quantitative estimate of drug-likeness (QED) is 0.508. The predicted molar refractivity (Wildman–Crippen MR) is 43.6 cm³/mol. The van der Waals surface area contributed by atoms with E-state index in [0.717, 1.165) is 0 Å². The maximum absolute atomic E-state index is 10.6. The van der Waals surface area contributed by atoms with E-state index in [1.54, 1.807) is 7.05 Å². The highest BCUT2D eigenvalue weighted by Gasteiger charge is 2.21. The summed E-state index contributed by atoms with van der Waals surface area (Å²) in [5, 5.41) is 14.4. The monoisotopic (exact) mass is 160 g/mol. The van der Waals surface area contributed by atoms with Crippen LogP contribution >= 0.6 is 0 Å². The van der Waals surface area contributed by atoms with Gasteiger partial charge in [-0.2, -0.15) is 0 Å². The Balaban J connectivity index is 3.91. The zero-order valence-electron chi connectivity index (χ0n) is 7.22. The molecule has 2 atom stereocenters. The molecule has 3 N–H and O–H groups in total. The Hall–Kier alpha value is -0.610. The molecule has 0 aliphatic rings. The predicted octanol–water partition coefficient (Wildman–Crippen LogP) is -0.485. The molecule has 4 nitrogen and oxygen atoms in total. The number of aliphatic carboxylic acids is 1. The maximum atomic E-state index is 10.6. The van der Waals surface area contributed by atoms with Crippen LogP contribution in [0.15, 0.2) is 0 Å². The van der Waals surface area contributed by atoms with Crippen LogP contribution < -0.4 is 10.6 Å². The molecule has 0 saturated carbocycles. The summed E-state index contributed by atoms with van der Waals surface area (Å²) >= 11 is 0. The molecular formula is C7H16N2O2. The lowest BCUT2D eigenvalue weighted by molar-refractivity contribution is -0.140.